The van der Waals surface area contributed by atoms with E-state index in [4.69, 9.17) is 10.5 Å². The molecule has 0 radical (unpaired) electrons. The van der Waals surface area contributed by atoms with Crippen molar-refractivity contribution in [3.63, 3.8) is 0 Å². The minimum Gasteiger partial charge on any atom is -0.380 e. The number of hydrogen-bond acceptors (Lipinski definition) is 3. The van der Waals surface area contributed by atoms with Crippen LogP contribution in [0.2, 0.25) is 0 Å². The predicted molar refractivity (Wildman–Crippen MR) is 84.6 cm³/mol. The van der Waals surface area contributed by atoms with Crippen LogP contribution in [0.3, 0.4) is 0 Å². The van der Waals surface area contributed by atoms with Crippen molar-refractivity contribution in [3.8, 4) is 0 Å². The van der Waals surface area contributed by atoms with E-state index < -0.39 is 0 Å². The molecule has 110 valence electrons. The lowest BCUT2D eigenvalue weighted by atomic mass is 9.99. The van der Waals surface area contributed by atoms with Crippen molar-refractivity contribution >= 4 is 0 Å². The van der Waals surface area contributed by atoms with E-state index in [1.807, 2.05) is 0 Å². The van der Waals surface area contributed by atoms with Crippen molar-refractivity contribution in [1.82, 2.24) is 4.90 Å². The maximum absolute atomic E-state index is 6.10. The highest BCUT2D eigenvalue weighted by atomic mass is 16.5. The largest absolute Gasteiger partial charge is 0.380 e. The topological polar surface area (TPSA) is 38.5 Å². The molecule has 21 heavy (non-hydrogen) atoms. The van der Waals surface area contributed by atoms with E-state index in [1.54, 1.807) is 7.11 Å². The molecule has 1 aliphatic heterocycles. The Hall–Kier alpha value is -1.68. The molecular weight excluding hydrogens is 260 g/mol. The number of ether oxygens (including phenoxy) is 1. The zero-order chi connectivity index (χ0) is 14.7. The minimum absolute atomic E-state index is 0.240. The molecule has 0 saturated carbocycles. The fraction of sp³-hybridized carbons (Fsp3) is 0.333. The van der Waals surface area contributed by atoms with Crippen molar-refractivity contribution in [2.45, 2.75) is 25.7 Å². The Kier molecular flexibility index (Phi) is 4.34. The lowest BCUT2D eigenvalue weighted by molar-refractivity contribution is 0.175. The van der Waals surface area contributed by atoms with Crippen LogP contribution in [0.1, 0.15) is 28.3 Å². The van der Waals surface area contributed by atoms with Crippen LogP contribution in [0.15, 0.2) is 48.5 Å². The third kappa shape index (κ3) is 2.86. The third-order valence-electron chi connectivity index (χ3n) is 4.24. The van der Waals surface area contributed by atoms with Gasteiger partial charge in [0.05, 0.1) is 6.61 Å². The molecule has 0 aliphatic carbocycles. The smallest absolute Gasteiger partial charge is 0.0716 e. The second-order valence-corrected chi connectivity index (χ2v) is 5.56. The summed E-state index contributed by atoms with van der Waals surface area (Å²) < 4.78 is 5.33. The first-order valence-corrected chi connectivity index (χ1v) is 7.41. The molecule has 2 aromatic rings. The molecule has 3 nitrogen and oxygen atoms in total. The Morgan fingerprint density at radius 1 is 1.05 bits per heavy atom. The second-order valence-electron chi connectivity index (χ2n) is 5.56. The number of hydrogen-bond donors (Lipinski definition) is 1. The Labute approximate surface area is 126 Å². The summed E-state index contributed by atoms with van der Waals surface area (Å²) >= 11 is 0. The first kappa shape index (κ1) is 14.3. The van der Waals surface area contributed by atoms with Crippen LogP contribution < -0.4 is 5.73 Å². The SMILES string of the molecule is COCc1ccccc1C(CN)N1Cc2ccccc2C1. The maximum Gasteiger partial charge on any atom is 0.0716 e. The zero-order valence-corrected chi connectivity index (χ0v) is 12.5. The highest BCUT2D eigenvalue weighted by molar-refractivity contribution is 5.34. The summed E-state index contributed by atoms with van der Waals surface area (Å²) in [7, 11) is 1.74. The van der Waals surface area contributed by atoms with Gasteiger partial charge in [0, 0.05) is 32.8 Å². The normalized spacial score (nSPS) is 15.9. The van der Waals surface area contributed by atoms with Gasteiger partial charge in [-0.15, -0.1) is 0 Å². The van der Waals surface area contributed by atoms with E-state index in [1.165, 1.54) is 22.3 Å². The summed E-state index contributed by atoms with van der Waals surface area (Å²) in [4.78, 5) is 2.46. The van der Waals surface area contributed by atoms with Gasteiger partial charge in [-0.25, -0.2) is 0 Å². The Balaban J connectivity index is 1.87. The first-order chi connectivity index (χ1) is 10.3. The molecule has 0 spiro atoms. The number of methoxy groups -OCH3 is 1. The molecule has 3 heteroatoms. The van der Waals surface area contributed by atoms with E-state index in [0.29, 0.717) is 13.2 Å². The van der Waals surface area contributed by atoms with Gasteiger partial charge in [0.25, 0.3) is 0 Å². The van der Waals surface area contributed by atoms with Gasteiger partial charge in [-0.2, -0.15) is 0 Å². The molecule has 1 atom stereocenters. The quantitative estimate of drug-likeness (QED) is 0.916. The van der Waals surface area contributed by atoms with E-state index in [-0.39, 0.29) is 6.04 Å². The van der Waals surface area contributed by atoms with E-state index >= 15 is 0 Å². The summed E-state index contributed by atoms with van der Waals surface area (Å²) in [5.41, 5.74) is 11.5. The summed E-state index contributed by atoms with van der Waals surface area (Å²) in [6.07, 6.45) is 0. The van der Waals surface area contributed by atoms with Gasteiger partial charge in [-0.1, -0.05) is 48.5 Å². The summed E-state index contributed by atoms with van der Waals surface area (Å²) in [5, 5.41) is 0. The van der Waals surface area contributed by atoms with Gasteiger partial charge in [0.2, 0.25) is 0 Å². The lowest BCUT2D eigenvalue weighted by Gasteiger charge is -2.28. The van der Waals surface area contributed by atoms with Gasteiger partial charge in [-0.3, -0.25) is 4.90 Å². The average molecular weight is 282 g/mol. The van der Waals surface area contributed by atoms with Crippen molar-refractivity contribution in [2.24, 2.45) is 5.73 Å². The summed E-state index contributed by atoms with van der Waals surface area (Å²) in [6.45, 7) is 3.20. The minimum atomic E-state index is 0.240. The molecule has 1 unspecified atom stereocenters. The van der Waals surface area contributed by atoms with Crippen molar-refractivity contribution in [2.75, 3.05) is 13.7 Å². The first-order valence-electron chi connectivity index (χ1n) is 7.41. The van der Waals surface area contributed by atoms with Gasteiger partial charge in [0.1, 0.15) is 0 Å². The van der Waals surface area contributed by atoms with Crippen LogP contribution in [0.4, 0.5) is 0 Å². The Morgan fingerprint density at radius 2 is 1.67 bits per heavy atom. The Morgan fingerprint density at radius 3 is 2.29 bits per heavy atom. The van der Waals surface area contributed by atoms with Crippen LogP contribution in [0.25, 0.3) is 0 Å². The van der Waals surface area contributed by atoms with Crippen molar-refractivity contribution in [1.29, 1.82) is 0 Å². The standard InChI is InChI=1S/C18H22N2O/c1-21-13-16-8-4-5-9-17(16)18(10-19)20-11-14-6-2-3-7-15(14)12-20/h2-9,18H,10-13,19H2,1H3. The number of fused-ring (bicyclic) bond motifs is 1. The number of nitrogens with zero attached hydrogens (tertiary/aromatic N) is 1. The highest BCUT2D eigenvalue weighted by Crippen LogP contribution is 2.32. The van der Waals surface area contributed by atoms with Crippen LogP contribution in [-0.2, 0) is 24.4 Å². The number of benzene rings is 2. The molecule has 1 heterocycles. The summed E-state index contributed by atoms with van der Waals surface area (Å²) in [5.74, 6) is 0. The van der Waals surface area contributed by atoms with Crippen LogP contribution in [0.5, 0.6) is 0 Å². The lowest BCUT2D eigenvalue weighted by Crippen LogP contribution is -2.30. The Bertz CT molecular complexity index is 587. The van der Waals surface area contributed by atoms with Crippen molar-refractivity contribution < 1.29 is 4.74 Å². The molecule has 2 aromatic carbocycles. The van der Waals surface area contributed by atoms with Gasteiger partial charge < -0.3 is 10.5 Å². The predicted octanol–water partition coefficient (Wildman–Crippen LogP) is 2.85. The molecule has 0 fully saturated rings. The molecule has 0 aromatic heterocycles. The molecule has 3 rings (SSSR count). The molecule has 0 amide bonds. The van der Waals surface area contributed by atoms with E-state index in [9.17, 15) is 0 Å². The molecule has 0 saturated heterocycles. The second kappa shape index (κ2) is 6.39. The van der Waals surface area contributed by atoms with Crippen LogP contribution in [-0.4, -0.2) is 18.6 Å². The fourth-order valence-electron chi connectivity index (χ4n) is 3.20. The molecule has 1 aliphatic rings. The monoisotopic (exact) mass is 282 g/mol. The highest BCUT2D eigenvalue weighted by Gasteiger charge is 2.27. The van der Waals surface area contributed by atoms with Gasteiger partial charge in [-0.05, 0) is 22.3 Å². The fourth-order valence-corrected chi connectivity index (χ4v) is 3.20. The van der Waals surface area contributed by atoms with Gasteiger partial charge >= 0.3 is 0 Å². The van der Waals surface area contributed by atoms with Crippen molar-refractivity contribution in [3.05, 3.63) is 70.8 Å². The van der Waals surface area contributed by atoms with Crippen LogP contribution >= 0.6 is 0 Å². The van der Waals surface area contributed by atoms with E-state index in [2.05, 4.69) is 53.4 Å². The average Bonchev–Trinajstić information content (AvgIpc) is 2.93. The third-order valence-corrected chi connectivity index (χ3v) is 4.24. The molecular formula is C18H22N2O. The molecule has 0 bridgehead atoms. The number of rotatable bonds is 5. The zero-order valence-electron chi connectivity index (χ0n) is 12.5. The van der Waals surface area contributed by atoms with E-state index in [0.717, 1.165) is 13.1 Å². The van der Waals surface area contributed by atoms with Gasteiger partial charge in [0.15, 0.2) is 0 Å². The summed E-state index contributed by atoms with van der Waals surface area (Å²) in [6, 6.07) is 17.3. The molecule has 2 N–H and O–H groups in total. The maximum atomic E-state index is 6.10. The number of nitrogens with two attached hydrogens (primary N) is 1. The van der Waals surface area contributed by atoms with Crippen LogP contribution in [0, 0.1) is 0 Å².